The van der Waals surface area contributed by atoms with Gasteiger partial charge in [-0.15, -0.1) is 0 Å². The minimum absolute atomic E-state index is 0.0450. The fourth-order valence-electron chi connectivity index (χ4n) is 3.84. The Hall–Kier alpha value is -2.99. The van der Waals surface area contributed by atoms with Gasteiger partial charge < -0.3 is 9.88 Å². The van der Waals surface area contributed by atoms with Crippen molar-refractivity contribution in [2.45, 2.75) is 25.3 Å². The number of allylic oxidation sites excluding steroid dienone is 1. The zero-order valence-corrected chi connectivity index (χ0v) is 15.5. The lowest BCUT2D eigenvalue weighted by molar-refractivity contribution is -0.849. The van der Waals surface area contributed by atoms with Crippen LogP contribution in [0.1, 0.15) is 35.7 Å². The minimum Gasteiger partial charge on any atom is -0.309 e. The predicted molar refractivity (Wildman–Crippen MR) is 106 cm³/mol. The summed E-state index contributed by atoms with van der Waals surface area (Å²) in [5.41, 5.74) is 2.26. The topological polar surface area (TPSA) is 59.3 Å². The van der Waals surface area contributed by atoms with Gasteiger partial charge in [-0.3, -0.25) is 9.36 Å². The van der Waals surface area contributed by atoms with Crippen LogP contribution in [0.25, 0.3) is 11.0 Å². The summed E-state index contributed by atoms with van der Waals surface area (Å²) in [5.74, 6) is -0.285. The smallest absolute Gasteiger partial charge is 0.309 e. The Morgan fingerprint density at radius 1 is 1.18 bits per heavy atom. The molecule has 2 aromatic carbocycles. The lowest BCUT2D eigenvalue weighted by Crippen LogP contribution is -3.08. The number of rotatable bonds is 6. The molecule has 0 saturated heterocycles. The molecule has 0 spiro atoms. The molecule has 1 aromatic heterocycles. The average Bonchev–Trinajstić information content (AvgIpc) is 3.05. The van der Waals surface area contributed by atoms with E-state index in [1.54, 1.807) is 0 Å². The summed E-state index contributed by atoms with van der Waals surface area (Å²) in [4.78, 5) is 28.7. The number of hydrogen-bond donors (Lipinski definition) is 2. The fourth-order valence-corrected chi connectivity index (χ4v) is 3.84. The number of para-hydroxylation sites is 2. The summed E-state index contributed by atoms with van der Waals surface area (Å²) in [6.07, 6.45) is 6.29. The molecular weight excluding hydrogens is 357 g/mol. The van der Waals surface area contributed by atoms with Crippen LogP contribution in [0.5, 0.6) is 0 Å². The summed E-state index contributed by atoms with van der Waals surface area (Å²) in [5, 5.41) is 0. The second kappa shape index (κ2) is 7.94. The molecule has 0 bridgehead atoms. The highest BCUT2D eigenvalue weighted by atomic mass is 19.1. The first kappa shape index (κ1) is 18.4. The third-order valence-corrected chi connectivity index (χ3v) is 5.34. The van der Waals surface area contributed by atoms with Gasteiger partial charge in [0.25, 0.3) is 0 Å². The third-order valence-electron chi connectivity index (χ3n) is 5.34. The molecule has 28 heavy (non-hydrogen) atoms. The number of H-pyrrole nitrogens is 1. The number of fused-ring (bicyclic) bond motifs is 1. The van der Waals surface area contributed by atoms with Crippen molar-refractivity contribution in [3.05, 3.63) is 82.7 Å². The molecule has 0 radical (unpaired) electrons. The van der Waals surface area contributed by atoms with Crippen molar-refractivity contribution in [1.29, 1.82) is 0 Å². The largest absolute Gasteiger partial charge is 0.327 e. The molecule has 2 N–H and O–H groups in total. The van der Waals surface area contributed by atoms with Crippen molar-refractivity contribution in [2.75, 3.05) is 13.1 Å². The predicted octanol–water partition coefficient (Wildman–Crippen LogP) is 2.48. The van der Waals surface area contributed by atoms with E-state index in [1.165, 1.54) is 29.2 Å². The number of quaternary nitrogens is 1. The number of ketones is 1. The van der Waals surface area contributed by atoms with Gasteiger partial charge in [0.15, 0.2) is 5.78 Å². The maximum atomic E-state index is 12.9. The van der Waals surface area contributed by atoms with Crippen LogP contribution in [0, 0.1) is 5.82 Å². The Morgan fingerprint density at radius 3 is 2.71 bits per heavy atom. The molecule has 4 rings (SSSR count). The molecule has 2 heterocycles. The van der Waals surface area contributed by atoms with E-state index in [0.29, 0.717) is 12.0 Å². The number of imidazole rings is 1. The van der Waals surface area contributed by atoms with Crippen LogP contribution in [0.3, 0.4) is 0 Å². The maximum absolute atomic E-state index is 12.9. The van der Waals surface area contributed by atoms with E-state index in [2.05, 4.69) is 17.3 Å². The summed E-state index contributed by atoms with van der Waals surface area (Å²) in [6, 6.07) is 13.5. The minimum atomic E-state index is -0.330. The SMILES string of the molecule is O=C(CCC[NH+]1C=CC(n2c(=O)[nH]c3ccccc32)CC1)c1ccc(F)cc1. The summed E-state index contributed by atoms with van der Waals surface area (Å²) >= 11 is 0. The lowest BCUT2D eigenvalue weighted by atomic mass is 10.1. The van der Waals surface area contributed by atoms with Gasteiger partial charge in [-0.2, -0.15) is 0 Å². The van der Waals surface area contributed by atoms with Crippen molar-refractivity contribution in [3.8, 4) is 0 Å². The molecule has 2 atom stereocenters. The molecule has 144 valence electrons. The first-order valence-corrected chi connectivity index (χ1v) is 9.63. The molecular formula is C22H23FN3O2+. The fraction of sp³-hybridized carbons (Fsp3) is 0.273. The van der Waals surface area contributed by atoms with E-state index in [-0.39, 0.29) is 23.3 Å². The van der Waals surface area contributed by atoms with Gasteiger partial charge in [-0.05, 0) is 42.5 Å². The first-order valence-electron chi connectivity index (χ1n) is 9.63. The molecule has 0 saturated carbocycles. The number of nitrogens with one attached hydrogen (secondary N) is 2. The van der Waals surface area contributed by atoms with Crippen LogP contribution >= 0.6 is 0 Å². The van der Waals surface area contributed by atoms with Crippen LogP contribution < -0.4 is 10.6 Å². The second-order valence-electron chi connectivity index (χ2n) is 7.22. The third kappa shape index (κ3) is 3.82. The molecule has 0 amide bonds. The highest BCUT2D eigenvalue weighted by molar-refractivity contribution is 5.95. The number of aromatic nitrogens is 2. The van der Waals surface area contributed by atoms with E-state index in [1.807, 2.05) is 28.8 Å². The van der Waals surface area contributed by atoms with Crippen molar-refractivity contribution in [3.63, 3.8) is 0 Å². The number of benzene rings is 2. The Morgan fingerprint density at radius 2 is 1.96 bits per heavy atom. The highest BCUT2D eigenvalue weighted by Gasteiger charge is 2.21. The zero-order valence-electron chi connectivity index (χ0n) is 15.5. The maximum Gasteiger partial charge on any atom is 0.327 e. The van der Waals surface area contributed by atoms with Gasteiger partial charge in [0.1, 0.15) is 5.82 Å². The highest BCUT2D eigenvalue weighted by Crippen LogP contribution is 2.19. The molecule has 6 heteroatoms. The number of Topliss-reactive ketones (excluding diaryl/α,β-unsaturated/α-hetero) is 1. The number of carbonyl (C=O) groups is 1. The standard InChI is InChI=1S/C22H22FN3O2/c23-17-9-7-16(8-10-17)21(27)6-3-13-25-14-11-18(12-15-25)26-20-5-2-1-4-19(20)24-22(26)28/h1-2,4-5,7-11,14,18H,3,6,12-13,15H2,(H,24,28)/p+1. The average molecular weight is 380 g/mol. The van der Waals surface area contributed by atoms with Crippen molar-refractivity contribution >= 4 is 16.8 Å². The Kier molecular flexibility index (Phi) is 5.21. The second-order valence-corrected chi connectivity index (χ2v) is 7.22. The Labute approximate surface area is 162 Å². The van der Waals surface area contributed by atoms with Crippen LogP contribution in [-0.2, 0) is 0 Å². The van der Waals surface area contributed by atoms with Crippen molar-refractivity contribution < 1.29 is 14.1 Å². The van der Waals surface area contributed by atoms with Crippen LogP contribution in [0.2, 0.25) is 0 Å². The molecule has 0 fully saturated rings. The quantitative estimate of drug-likeness (QED) is 0.646. The summed E-state index contributed by atoms with van der Waals surface area (Å²) in [7, 11) is 0. The molecule has 1 aliphatic rings. The Balaban J connectivity index is 1.34. The van der Waals surface area contributed by atoms with E-state index in [4.69, 9.17) is 0 Å². The molecule has 5 nitrogen and oxygen atoms in total. The van der Waals surface area contributed by atoms with Crippen molar-refractivity contribution in [1.82, 2.24) is 9.55 Å². The molecule has 0 aliphatic carbocycles. The number of aromatic amines is 1. The lowest BCUT2D eigenvalue weighted by Gasteiger charge is -2.24. The number of hydrogen-bond acceptors (Lipinski definition) is 2. The normalized spacial score (nSPS) is 19.2. The molecule has 2 unspecified atom stereocenters. The van der Waals surface area contributed by atoms with Crippen LogP contribution in [0.4, 0.5) is 4.39 Å². The summed E-state index contributed by atoms with van der Waals surface area (Å²) in [6.45, 7) is 1.77. The van der Waals surface area contributed by atoms with E-state index >= 15 is 0 Å². The number of halogens is 1. The van der Waals surface area contributed by atoms with Gasteiger partial charge in [0.2, 0.25) is 0 Å². The Bertz CT molecular complexity index is 1070. The van der Waals surface area contributed by atoms with Gasteiger partial charge >= 0.3 is 5.69 Å². The van der Waals surface area contributed by atoms with E-state index < -0.39 is 0 Å². The first-order chi connectivity index (χ1) is 13.6. The molecule has 3 aromatic rings. The van der Waals surface area contributed by atoms with Gasteiger partial charge in [-0.1, -0.05) is 12.1 Å². The molecule has 1 aliphatic heterocycles. The van der Waals surface area contributed by atoms with Crippen LogP contribution in [0.15, 0.2) is 65.6 Å². The zero-order chi connectivity index (χ0) is 19.5. The van der Waals surface area contributed by atoms with Gasteiger partial charge in [0.05, 0.1) is 36.4 Å². The number of carbonyl (C=O) groups excluding carboxylic acids is 1. The van der Waals surface area contributed by atoms with E-state index in [0.717, 1.165) is 37.0 Å². The van der Waals surface area contributed by atoms with Gasteiger partial charge in [0, 0.05) is 24.8 Å². The monoisotopic (exact) mass is 380 g/mol. The van der Waals surface area contributed by atoms with E-state index in [9.17, 15) is 14.0 Å². The summed E-state index contributed by atoms with van der Waals surface area (Å²) < 4.78 is 14.8. The number of nitrogens with zero attached hydrogens (tertiary/aromatic N) is 1. The van der Waals surface area contributed by atoms with Crippen LogP contribution in [-0.4, -0.2) is 28.4 Å². The van der Waals surface area contributed by atoms with Crippen molar-refractivity contribution in [2.24, 2.45) is 0 Å². The van der Waals surface area contributed by atoms with Gasteiger partial charge in [-0.25, -0.2) is 9.18 Å².